The molecule has 1 amide bonds. The molecule has 0 aromatic rings. The lowest BCUT2D eigenvalue weighted by molar-refractivity contribution is -0.126. The molecule has 0 aliphatic rings. The van der Waals surface area contributed by atoms with Gasteiger partial charge in [-0.05, 0) is 13.8 Å². The minimum Gasteiger partial charge on any atom is -0.382 e. The van der Waals surface area contributed by atoms with Crippen LogP contribution in [0.5, 0.6) is 0 Å². The highest BCUT2D eigenvalue weighted by molar-refractivity contribution is 5.77. The third kappa shape index (κ3) is 11.3. The standard InChI is InChI=1S/C10H21NO4/c1-9(2)15-5-4-11-10(12)8-14-7-6-13-3/h9H,4-8H2,1-3H3,(H,11,12). The molecule has 0 rings (SSSR count). The molecule has 90 valence electrons. The molecule has 0 aliphatic heterocycles. The topological polar surface area (TPSA) is 56.8 Å². The lowest BCUT2D eigenvalue weighted by Gasteiger charge is -2.08. The molecule has 0 aromatic carbocycles. The molecule has 0 aromatic heterocycles. The van der Waals surface area contributed by atoms with Gasteiger partial charge in [-0.1, -0.05) is 0 Å². The Bertz CT molecular complexity index is 162. The van der Waals surface area contributed by atoms with Crippen LogP contribution in [0.3, 0.4) is 0 Å². The normalized spacial score (nSPS) is 10.7. The van der Waals surface area contributed by atoms with Gasteiger partial charge in [0.2, 0.25) is 5.91 Å². The molecule has 0 radical (unpaired) electrons. The maximum Gasteiger partial charge on any atom is 0.246 e. The van der Waals surface area contributed by atoms with E-state index < -0.39 is 0 Å². The maximum atomic E-state index is 11.1. The molecule has 0 saturated heterocycles. The molecule has 1 N–H and O–H groups in total. The predicted molar refractivity (Wildman–Crippen MR) is 56.8 cm³/mol. The zero-order chi connectivity index (χ0) is 11.5. The summed E-state index contributed by atoms with van der Waals surface area (Å²) in [6.45, 7) is 5.97. The SMILES string of the molecule is COCCOCC(=O)NCCOC(C)C. The Morgan fingerprint density at radius 2 is 2.00 bits per heavy atom. The summed E-state index contributed by atoms with van der Waals surface area (Å²) < 4.78 is 15.1. The highest BCUT2D eigenvalue weighted by atomic mass is 16.5. The lowest BCUT2D eigenvalue weighted by Crippen LogP contribution is -2.31. The first-order valence-corrected chi connectivity index (χ1v) is 5.11. The van der Waals surface area contributed by atoms with Crippen molar-refractivity contribution in [1.29, 1.82) is 0 Å². The van der Waals surface area contributed by atoms with Crippen molar-refractivity contribution in [2.24, 2.45) is 0 Å². The summed E-state index contributed by atoms with van der Waals surface area (Å²) in [4.78, 5) is 11.1. The Balaban J connectivity index is 3.19. The van der Waals surface area contributed by atoms with Crippen LogP contribution in [0.4, 0.5) is 0 Å². The third-order valence-corrected chi connectivity index (χ3v) is 1.54. The first-order chi connectivity index (χ1) is 7.16. The fourth-order valence-corrected chi connectivity index (χ4v) is 0.843. The van der Waals surface area contributed by atoms with Crippen molar-refractivity contribution in [2.75, 3.05) is 40.1 Å². The van der Waals surface area contributed by atoms with E-state index in [0.717, 1.165) is 0 Å². The van der Waals surface area contributed by atoms with Gasteiger partial charge >= 0.3 is 0 Å². The number of nitrogens with one attached hydrogen (secondary N) is 1. The number of hydrogen-bond acceptors (Lipinski definition) is 4. The lowest BCUT2D eigenvalue weighted by atomic mass is 10.5. The first kappa shape index (κ1) is 14.3. The van der Waals surface area contributed by atoms with E-state index in [0.29, 0.717) is 26.4 Å². The van der Waals surface area contributed by atoms with Gasteiger partial charge in [-0.25, -0.2) is 0 Å². The minimum absolute atomic E-state index is 0.0744. The van der Waals surface area contributed by atoms with Crippen LogP contribution in [0, 0.1) is 0 Å². The van der Waals surface area contributed by atoms with Crippen LogP contribution in [-0.2, 0) is 19.0 Å². The fraction of sp³-hybridized carbons (Fsp3) is 0.900. The van der Waals surface area contributed by atoms with Gasteiger partial charge in [-0.3, -0.25) is 4.79 Å². The Kier molecular flexibility index (Phi) is 9.46. The summed E-state index contributed by atoms with van der Waals surface area (Å²) in [5.74, 6) is -0.126. The van der Waals surface area contributed by atoms with Gasteiger partial charge in [0.25, 0.3) is 0 Å². The third-order valence-electron chi connectivity index (χ3n) is 1.54. The molecule has 15 heavy (non-hydrogen) atoms. The predicted octanol–water partition coefficient (Wildman–Crippen LogP) is 0.191. The minimum atomic E-state index is -0.126. The molecule has 0 fully saturated rings. The molecule has 5 heteroatoms. The van der Waals surface area contributed by atoms with Crippen LogP contribution >= 0.6 is 0 Å². The zero-order valence-corrected chi connectivity index (χ0v) is 9.75. The van der Waals surface area contributed by atoms with Crippen molar-refractivity contribution < 1.29 is 19.0 Å². The van der Waals surface area contributed by atoms with Crippen LogP contribution in [-0.4, -0.2) is 52.1 Å². The molecule has 0 saturated carbocycles. The molecule has 0 bridgehead atoms. The number of rotatable bonds is 9. The van der Waals surface area contributed by atoms with Crippen molar-refractivity contribution in [3.63, 3.8) is 0 Å². The second-order valence-corrected chi connectivity index (χ2v) is 3.31. The summed E-state index contributed by atoms with van der Waals surface area (Å²) in [7, 11) is 1.59. The smallest absolute Gasteiger partial charge is 0.246 e. The Labute approximate surface area is 91.1 Å². The summed E-state index contributed by atoms with van der Waals surface area (Å²) in [6, 6.07) is 0. The van der Waals surface area contributed by atoms with Gasteiger partial charge in [0.15, 0.2) is 0 Å². The average molecular weight is 219 g/mol. The Hall–Kier alpha value is -0.650. The van der Waals surface area contributed by atoms with Crippen LogP contribution in [0.1, 0.15) is 13.8 Å². The van der Waals surface area contributed by atoms with Crippen molar-refractivity contribution in [1.82, 2.24) is 5.32 Å². The summed E-state index contributed by atoms with van der Waals surface area (Å²) in [5.41, 5.74) is 0. The summed E-state index contributed by atoms with van der Waals surface area (Å²) in [5, 5.41) is 2.69. The van der Waals surface area contributed by atoms with Gasteiger partial charge in [0.1, 0.15) is 6.61 Å². The number of ether oxygens (including phenoxy) is 3. The van der Waals surface area contributed by atoms with E-state index in [1.165, 1.54) is 0 Å². The number of carbonyl (C=O) groups is 1. The number of hydrogen-bond donors (Lipinski definition) is 1. The molecular weight excluding hydrogens is 198 g/mol. The van der Waals surface area contributed by atoms with E-state index in [1.807, 2.05) is 13.8 Å². The van der Waals surface area contributed by atoms with E-state index in [9.17, 15) is 4.79 Å². The molecular formula is C10H21NO4. The molecule has 0 unspecified atom stereocenters. The number of amides is 1. The van der Waals surface area contributed by atoms with Gasteiger partial charge in [-0.15, -0.1) is 0 Å². The average Bonchev–Trinajstić information content (AvgIpc) is 2.19. The van der Waals surface area contributed by atoms with Gasteiger partial charge < -0.3 is 19.5 Å². The maximum absolute atomic E-state index is 11.1. The Morgan fingerprint density at radius 3 is 2.60 bits per heavy atom. The summed E-state index contributed by atoms with van der Waals surface area (Å²) >= 11 is 0. The van der Waals surface area contributed by atoms with Crippen molar-refractivity contribution in [2.45, 2.75) is 20.0 Å². The first-order valence-electron chi connectivity index (χ1n) is 5.11. The second-order valence-electron chi connectivity index (χ2n) is 3.31. The molecule has 0 spiro atoms. The van der Waals surface area contributed by atoms with Crippen molar-refractivity contribution >= 4 is 5.91 Å². The number of carbonyl (C=O) groups excluding carboxylic acids is 1. The van der Waals surface area contributed by atoms with E-state index in [-0.39, 0.29) is 18.6 Å². The van der Waals surface area contributed by atoms with E-state index in [1.54, 1.807) is 7.11 Å². The van der Waals surface area contributed by atoms with Crippen molar-refractivity contribution in [3.8, 4) is 0 Å². The number of methoxy groups -OCH3 is 1. The second kappa shape index (κ2) is 9.89. The summed E-state index contributed by atoms with van der Waals surface area (Å²) in [6.07, 6.45) is 0.194. The van der Waals surface area contributed by atoms with Crippen LogP contribution in [0.25, 0.3) is 0 Å². The largest absolute Gasteiger partial charge is 0.382 e. The van der Waals surface area contributed by atoms with Crippen LogP contribution < -0.4 is 5.32 Å². The fourth-order valence-electron chi connectivity index (χ4n) is 0.843. The van der Waals surface area contributed by atoms with Gasteiger partial charge in [0.05, 0.1) is 25.9 Å². The Morgan fingerprint density at radius 1 is 1.27 bits per heavy atom. The van der Waals surface area contributed by atoms with Gasteiger partial charge in [-0.2, -0.15) is 0 Å². The molecule has 0 atom stereocenters. The van der Waals surface area contributed by atoms with Gasteiger partial charge in [0, 0.05) is 13.7 Å². The zero-order valence-electron chi connectivity index (χ0n) is 9.75. The highest BCUT2D eigenvalue weighted by Gasteiger charge is 2.00. The van der Waals surface area contributed by atoms with Crippen LogP contribution in [0.2, 0.25) is 0 Å². The van der Waals surface area contributed by atoms with E-state index in [4.69, 9.17) is 14.2 Å². The van der Waals surface area contributed by atoms with E-state index >= 15 is 0 Å². The van der Waals surface area contributed by atoms with Crippen molar-refractivity contribution in [3.05, 3.63) is 0 Å². The molecule has 0 aliphatic carbocycles. The molecule has 0 heterocycles. The van der Waals surface area contributed by atoms with E-state index in [2.05, 4.69) is 5.32 Å². The highest BCUT2D eigenvalue weighted by Crippen LogP contribution is 1.85. The quantitative estimate of drug-likeness (QED) is 0.562. The van der Waals surface area contributed by atoms with Crippen LogP contribution in [0.15, 0.2) is 0 Å². The monoisotopic (exact) mass is 219 g/mol. The molecule has 5 nitrogen and oxygen atoms in total.